The molecule has 0 spiro atoms. The van der Waals surface area contributed by atoms with Gasteiger partial charge in [-0.25, -0.2) is 0 Å². The highest BCUT2D eigenvalue weighted by molar-refractivity contribution is 6.35. The number of carbonyl (C=O) groups excluding carboxylic acids is 2. The number of amides is 2. The lowest BCUT2D eigenvalue weighted by Crippen LogP contribution is -2.40. The fraction of sp³-hybridized carbons (Fsp3) is 0.467. The molecule has 4 nitrogen and oxygen atoms in total. The van der Waals surface area contributed by atoms with Crippen molar-refractivity contribution < 1.29 is 9.59 Å². The van der Waals surface area contributed by atoms with Crippen LogP contribution in [0.25, 0.3) is 0 Å². The quantitative estimate of drug-likeness (QED) is 0.867. The van der Waals surface area contributed by atoms with E-state index in [4.69, 9.17) is 23.2 Å². The highest BCUT2D eigenvalue weighted by Crippen LogP contribution is 2.25. The Morgan fingerprint density at radius 1 is 1.19 bits per heavy atom. The maximum Gasteiger partial charge on any atom is 0.240 e. The van der Waals surface area contributed by atoms with E-state index in [1.165, 1.54) is 11.8 Å². The third-order valence-electron chi connectivity index (χ3n) is 2.88. The molecule has 0 saturated heterocycles. The van der Waals surface area contributed by atoms with Crippen LogP contribution in [0.3, 0.4) is 0 Å². The molecule has 0 radical (unpaired) electrons. The summed E-state index contributed by atoms with van der Waals surface area (Å²) in [6.45, 7) is 6.11. The zero-order valence-corrected chi connectivity index (χ0v) is 14.0. The Bertz CT molecular complexity index is 498. The van der Waals surface area contributed by atoms with Crippen LogP contribution < -0.4 is 10.2 Å². The Balaban J connectivity index is 2.74. The van der Waals surface area contributed by atoms with Gasteiger partial charge in [0.25, 0.3) is 0 Å². The van der Waals surface area contributed by atoms with Crippen LogP contribution in [0, 0.1) is 5.92 Å². The first kappa shape index (κ1) is 17.8. The SMILES string of the molecule is CC(=O)N(CC(=O)NCCC(C)C)c1cc(Cl)cc(Cl)c1. The third kappa shape index (κ3) is 6.36. The summed E-state index contributed by atoms with van der Waals surface area (Å²) >= 11 is 11.9. The molecule has 6 heteroatoms. The van der Waals surface area contributed by atoms with Gasteiger partial charge in [-0.3, -0.25) is 9.59 Å². The van der Waals surface area contributed by atoms with E-state index in [2.05, 4.69) is 19.2 Å². The van der Waals surface area contributed by atoms with E-state index in [0.29, 0.717) is 28.2 Å². The average molecular weight is 331 g/mol. The van der Waals surface area contributed by atoms with Gasteiger partial charge in [0.05, 0.1) is 0 Å². The molecule has 1 aromatic carbocycles. The van der Waals surface area contributed by atoms with Gasteiger partial charge in [-0.15, -0.1) is 0 Å². The molecule has 0 aliphatic heterocycles. The van der Waals surface area contributed by atoms with Gasteiger partial charge >= 0.3 is 0 Å². The Morgan fingerprint density at radius 2 is 1.76 bits per heavy atom. The molecule has 0 bridgehead atoms. The molecule has 0 fully saturated rings. The second-order valence-electron chi connectivity index (χ2n) is 5.27. The predicted octanol–water partition coefficient (Wildman–Crippen LogP) is 3.51. The van der Waals surface area contributed by atoms with E-state index in [-0.39, 0.29) is 18.4 Å². The molecule has 116 valence electrons. The van der Waals surface area contributed by atoms with Crippen molar-refractivity contribution in [2.24, 2.45) is 5.92 Å². The Kier molecular flexibility index (Phi) is 6.99. The fourth-order valence-electron chi connectivity index (χ4n) is 1.78. The summed E-state index contributed by atoms with van der Waals surface area (Å²) < 4.78 is 0. The molecule has 0 atom stereocenters. The maximum absolute atomic E-state index is 11.9. The molecular weight excluding hydrogens is 311 g/mol. The number of hydrogen-bond acceptors (Lipinski definition) is 2. The summed E-state index contributed by atoms with van der Waals surface area (Å²) in [5.74, 6) is 0.0650. The number of carbonyl (C=O) groups is 2. The topological polar surface area (TPSA) is 49.4 Å². The molecular formula is C15H20Cl2N2O2. The first-order valence-corrected chi connectivity index (χ1v) is 7.56. The van der Waals surface area contributed by atoms with Gasteiger partial charge in [-0.05, 0) is 30.5 Å². The largest absolute Gasteiger partial charge is 0.355 e. The summed E-state index contributed by atoms with van der Waals surface area (Å²) in [5.41, 5.74) is 0.513. The third-order valence-corrected chi connectivity index (χ3v) is 3.32. The van der Waals surface area contributed by atoms with Gasteiger partial charge < -0.3 is 10.2 Å². The Labute approximate surface area is 135 Å². The standard InChI is InChI=1S/C15H20Cl2N2O2/c1-10(2)4-5-18-15(21)9-19(11(3)20)14-7-12(16)6-13(17)8-14/h6-8,10H,4-5,9H2,1-3H3,(H,18,21). The van der Waals surface area contributed by atoms with Crippen LogP contribution in [-0.4, -0.2) is 24.9 Å². The second kappa shape index (κ2) is 8.25. The van der Waals surface area contributed by atoms with Crippen molar-refractivity contribution in [2.75, 3.05) is 18.0 Å². The van der Waals surface area contributed by atoms with E-state index in [1.807, 2.05) is 0 Å². The van der Waals surface area contributed by atoms with E-state index >= 15 is 0 Å². The van der Waals surface area contributed by atoms with Crippen molar-refractivity contribution in [1.82, 2.24) is 5.32 Å². The van der Waals surface area contributed by atoms with Crippen molar-refractivity contribution in [3.63, 3.8) is 0 Å². The van der Waals surface area contributed by atoms with E-state index in [9.17, 15) is 9.59 Å². The molecule has 2 amide bonds. The minimum Gasteiger partial charge on any atom is -0.355 e. The van der Waals surface area contributed by atoms with Crippen molar-refractivity contribution in [1.29, 1.82) is 0 Å². The average Bonchev–Trinajstić information content (AvgIpc) is 2.33. The first-order chi connectivity index (χ1) is 9.79. The normalized spacial score (nSPS) is 10.6. The lowest BCUT2D eigenvalue weighted by atomic mass is 10.1. The molecule has 0 heterocycles. The highest BCUT2D eigenvalue weighted by atomic mass is 35.5. The maximum atomic E-state index is 11.9. The predicted molar refractivity (Wildman–Crippen MR) is 87.0 cm³/mol. The van der Waals surface area contributed by atoms with Gasteiger partial charge in [0.2, 0.25) is 11.8 Å². The monoisotopic (exact) mass is 330 g/mol. The summed E-state index contributed by atoms with van der Waals surface area (Å²) in [6.07, 6.45) is 0.898. The molecule has 1 N–H and O–H groups in total. The van der Waals surface area contributed by atoms with Crippen LogP contribution in [-0.2, 0) is 9.59 Å². The smallest absolute Gasteiger partial charge is 0.240 e. The molecule has 1 aromatic rings. The van der Waals surface area contributed by atoms with Crippen LogP contribution in [0.4, 0.5) is 5.69 Å². The molecule has 0 aliphatic carbocycles. The Hall–Kier alpha value is -1.26. The van der Waals surface area contributed by atoms with Crippen molar-refractivity contribution in [2.45, 2.75) is 27.2 Å². The van der Waals surface area contributed by atoms with Crippen LogP contribution in [0.15, 0.2) is 18.2 Å². The van der Waals surface area contributed by atoms with Gasteiger partial charge in [-0.2, -0.15) is 0 Å². The minimum absolute atomic E-state index is 0.0515. The van der Waals surface area contributed by atoms with Gasteiger partial charge in [0, 0.05) is 29.2 Å². The van der Waals surface area contributed by atoms with Crippen molar-refractivity contribution >= 4 is 40.7 Å². The van der Waals surface area contributed by atoms with Crippen LogP contribution >= 0.6 is 23.2 Å². The highest BCUT2D eigenvalue weighted by Gasteiger charge is 2.16. The lowest BCUT2D eigenvalue weighted by Gasteiger charge is -2.21. The molecule has 1 rings (SSSR count). The van der Waals surface area contributed by atoms with Gasteiger partial charge in [-0.1, -0.05) is 37.0 Å². The zero-order chi connectivity index (χ0) is 16.0. The van der Waals surface area contributed by atoms with Crippen LogP contribution in [0.1, 0.15) is 27.2 Å². The van der Waals surface area contributed by atoms with Gasteiger partial charge in [0.1, 0.15) is 6.54 Å². The summed E-state index contributed by atoms with van der Waals surface area (Å²) in [5, 5.41) is 3.64. The van der Waals surface area contributed by atoms with Crippen molar-refractivity contribution in [3.8, 4) is 0 Å². The first-order valence-electron chi connectivity index (χ1n) is 6.80. The Morgan fingerprint density at radius 3 is 2.24 bits per heavy atom. The number of hydrogen-bond donors (Lipinski definition) is 1. The van der Waals surface area contributed by atoms with E-state index in [0.717, 1.165) is 6.42 Å². The second-order valence-corrected chi connectivity index (χ2v) is 6.14. The number of nitrogens with zero attached hydrogens (tertiary/aromatic N) is 1. The van der Waals surface area contributed by atoms with E-state index in [1.54, 1.807) is 18.2 Å². The molecule has 0 saturated carbocycles. The molecule has 0 unspecified atom stereocenters. The fourth-order valence-corrected chi connectivity index (χ4v) is 2.29. The van der Waals surface area contributed by atoms with Crippen molar-refractivity contribution in [3.05, 3.63) is 28.2 Å². The number of rotatable bonds is 6. The molecule has 0 aliphatic rings. The van der Waals surface area contributed by atoms with Crippen LogP contribution in [0.5, 0.6) is 0 Å². The lowest BCUT2D eigenvalue weighted by molar-refractivity contribution is -0.123. The minimum atomic E-state index is -0.243. The van der Waals surface area contributed by atoms with E-state index < -0.39 is 0 Å². The summed E-state index contributed by atoms with van der Waals surface area (Å²) in [4.78, 5) is 25.0. The number of nitrogens with one attached hydrogen (secondary N) is 1. The summed E-state index contributed by atoms with van der Waals surface area (Å²) in [6, 6.07) is 4.79. The van der Waals surface area contributed by atoms with Gasteiger partial charge in [0.15, 0.2) is 0 Å². The number of benzene rings is 1. The van der Waals surface area contributed by atoms with Crippen LogP contribution in [0.2, 0.25) is 10.0 Å². The molecule has 21 heavy (non-hydrogen) atoms. The zero-order valence-electron chi connectivity index (χ0n) is 12.5. The summed E-state index contributed by atoms with van der Waals surface area (Å²) in [7, 11) is 0. The number of anilines is 1. The number of halogens is 2. The molecule has 0 aromatic heterocycles.